The number of ketones is 1. The minimum absolute atomic E-state index is 0.0354. The molecule has 0 N–H and O–H groups in total. The second-order valence-corrected chi connectivity index (χ2v) is 6.12. The third-order valence-electron chi connectivity index (χ3n) is 3.98. The van der Waals surface area contributed by atoms with E-state index in [0.717, 1.165) is 19.3 Å². The first-order valence-electron chi connectivity index (χ1n) is 7.32. The zero-order valence-corrected chi connectivity index (χ0v) is 12.7. The summed E-state index contributed by atoms with van der Waals surface area (Å²) in [6.07, 6.45) is 4.47. The zero-order chi connectivity index (χ0) is 14.9. The van der Waals surface area contributed by atoms with Gasteiger partial charge in [-0.05, 0) is 25.7 Å². The average Bonchev–Trinajstić information content (AvgIpc) is 2.81. The summed E-state index contributed by atoms with van der Waals surface area (Å²) in [5.41, 5.74) is 0.952. The van der Waals surface area contributed by atoms with Gasteiger partial charge in [-0.1, -0.05) is 13.8 Å². The minimum Gasteiger partial charge on any atom is -0.468 e. The highest BCUT2D eigenvalue weighted by Gasteiger charge is 2.30. The van der Waals surface area contributed by atoms with Gasteiger partial charge in [0.2, 0.25) is 0 Å². The molecule has 1 amide bonds. The van der Waals surface area contributed by atoms with Gasteiger partial charge in [-0.25, -0.2) is 0 Å². The van der Waals surface area contributed by atoms with Gasteiger partial charge in [0.05, 0.1) is 11.1 Å². The van der Waals surface area contributed by atoms with E-state index in [1.807, 2.05) is 6.92 Å². The fourth-order valence-electron chi connectivity index (χ4n) is 2.81. The lowest BCUT2D eigenvalue weighted by Gasteiger charge is -2.26. The van der Waals surface area contributed by atoms with E-state index >= 15 is 0 Å². The Kier molecular flexibility index (Phi) is 4.31. The summed E-state index contributed by atoms with van der Waals surface area (Å²) in [7, 11) is 1.79. The van der Waals surface area contributed by atoms with Crippen molar-refractivity contribution in [2.24, 2.45) is 5.92 Å². The van der Waals surface area contributed by atoms with Crippen LogP contribution < -0.4 is 0 Å². The van der Waals surface area contributed by atoms with Gasteiger partial charge in [0, 0.05) is 25.9 Å². The van der Waals surface area contributed by atoms with Crippen molar-refractivity contribution in [1.29, 1.82) is 0 Å². The molecule has 0 saturated heterocycles. The third kappa shape index (κ3) is 2.79. The Morgan fingerprint density at radius 1 is 1.35 bits per heavy atom. The van der Waals surface area contributed by atoms with E-state index in [9.17, 15) is 9.59 Å². The van der Waals surface area contributed by atoms with Gasteiger partial charge in [-0.15, -0.1) is 0 Å². The Morgan fingerprint density at radius 2 is 2.05 bits per heavy atom. The van der Waals surface area contributed by atoms with Crippen molar-refractivity contribution in [2.45, 2.75) is 52.5 Å². The molecule has 0 spiro atoms. The van der Waals surface area contributed by atoms with E-state index < -0.39 is 0 Å². The minimum atomic E-state index is -0.113. The van der Waals surface area contributed by atoms with Crippen molar-refractivity contribution in [3.63, 3.8) is 0 Å². The lowest BCUT2D eigenvalue weighted by molar-refractivity contribution is 0.0722. The normalized spacial score (nSPS) is 16.1. The second-order valence-electron chi connectivity index (χ2n) is 6.12. The summed E-state index contributed by atoms with van der Waals surface area (Å²) >= 11 is 0. The molecule has 0 aliphatic heterocycles. The second kappa shape index (κ2) is 5.81. The van der Waals surface area contributed by atoms with Gasteiger partial charge in [0.15, 0.2) is 5.78 Å². The Hall–Kier alpha value is -1.58. The van der Waals surface area contributed by atoms with Crippen LogP contribution in [0.3, 0.4) is 0 Å². The fourth-order valence-corrected chi connectivity index (χ4v) is 2.81. The number of furan rings is 1. The number of hydrogen-bond acceptors (Lipinski definition) is 3. The number of Topliss-reactive ketones (excluding diaryl/α,β-unsaturated/α-hetero) is 1. The average molecular weight is 277 g/mol. The van der Waals surface area contributed by atoms with E-state index in [-0.39, 0.29) is 17.7 Å². The van der Waals surface area contributed by atoms with Gasteiger partial charge in [0.25, 0.3) is 5.91 Å². The molecular weight excluding hydrogens is 254 g/mol. The number of carbonyl (C=O) groups is 2. The molecule has 1 aromatic rings. The molecule has 1 atom stereocenters. The largest absolute Gasteiger partial charge is 0.468 e. The number of rotatable bonds is 4. The maximum atomic E-state index is 12.6. The van der Waals surface area contributed by atoms with Crippen molar-refractivity contribution in [3.05, 3.63) is 23.2 Å². The van der Waals surface area contributed by atoms with Gasteiger partial charge in [0.1, 0.15) is 12.0 Å². The number of amides is 1. The number of nitrogens with zero attached hydrogens (tertiary/aromatic N) is 1. The SMILES string of the molecule is CC(C)CC(C)N(C)C(=O)c1coc2c1C(=O)CCC2. The first kappa shape index (κ1) is 14.8. The van der Waals surface area contributed by atoms with Crippen molar-refractivity contribution in [3.8, 4) is 0 Å². The van der Waals surface area contributed by atoms with Crippen molar-refractivity contribution in [1.82, 2.24) is 4.90 Å². The quantitative estimate of drug-likeness (QED) is 0.848. The molecule has 4 nitrogen and oxygen atoms in total. The molecule has 110 valence electrons. The van der Waals surface area contributed by atoms with Crippen LogP contribution in [0.1, 0.15) is 66.5 Å². The van der Waals surface area contributed by atoms with E-state index in [1.165, 1.54) is 6.26 Å². The molecule has 1 aliphatic rings. The predicted octanol–water partition coefficient (Wildman–Crippen LogP) is 3.31. The topological polar surface area (TPSA) is 50.5 Å². The van der Waals surface area contributed by atoms with Crippen molar-refractivity contribution >= 4 is 11.7 Å². The number of hydrogen-bond donors (Lipinski definition) is 0. The highest BCUT2D eigenvalue weighted by molar-refractivity contribution is 6.09. The molecule has 0 radical (unpaired) electrons. The summed E-state index contributed by atoms with van der Waals surface area (Å²) in [4.78, 5) is 26.3. The summed E-state index contributed by atoms with van der Waals surface area (Å²) in [5, 5.41) is 0. The number of aryl methyl sites for hydroxylation is 1. The van der Waals surface area contributed by atoms with Gasteiger partial charge >= 0.3 is 0 Å². The summed E-state index contributed by atoms with van der Waals surface area (Å²) in [6, 6.07) is 0.145. The molecule has 1 unspecified atom stereocenters. The summed E-state index contributed by atoms with van der Waals surface area (Å²) < 4.78 is 5.42. The van der Waals surface area contributed by atoms with Crippen LogP contribution in [-0.2, 0) is 6.42 Å². The predicted molar refractivity (Wildman–Crippen MR) is 77.0 cm³/mol. The van der Waals surface area contributed by atoms with E-state index in [1.54, 1.807) is 11.9 Å². The van der Waals surface area contributed by atoms with Crippen LogP contribution in [0, 0.1) is 5.92 Å². The van der Waals surface area contributed by atoms with Crippen LogP contribution in [0.2, 0.25) is 0 Å². The van der Waals surface area contributed by atoms with Crippen molar-refractivity contribution in [2.75, 3.05) is 7.05 Å². The van der Waals surface area contributed by atoms with Gasteiger partial charge in [-0.2, -0.15) is 0 Å². The molecule has 4 heteroatoms. The molecule has 0 fully saturated rings. The molecule has 0 aromatic carbocycles. The van der Waals surface area contributed by atoms with Gasteiger partial charge in [-0.3, -0.25) is 9.59 Å². The highest BCUT2D eigenvalue weighted by Crippen LogP contribution is 2.27. The zero-order valence-electron chi connectivity index (χ0n) is 12.7. The summed E-state index contributed by atoms with van der Waals surface area (Å²) in [5.74, 6) is 1.13. The maximum absolute atomic E-state index is 12.6. The molecule has 2 rings (SSSR count). The fraction of sp³-hybridized carbons (Fsp3) is 0.625. The smallest absolute Gasteiger partial charge is 0.257 e. The molecule has 1 heterocycles. The molecule has 20 heavy (non-hydrogen) atoms. The van der Waals surface area contributed by atoms with Crippen molar-refractivity contribution < 1.29 is 14.0 Å². The number of fused-ring (bicyclic) bond motifs is 1. The van der Waals surface area contributed by atoms with Crippen LogP contribution in [0.4, 0.5) is 0 Å². The van der Waals surface area contributed by atoms with Crippen LogP contribution in [0.5, 0.6) is 0 Å². The lowest BCUT2D eigenvalue weighted by Crippen LogP contribution is -2.36. The molecule has 0 bridgehead atoms. The highest BCUT2D eigenvalue weighted by atomic mass is 16.3. The first-order chi connectivity index (χ1) is 9.41. The molecule has 1 aliphatic carbocycles. The van der Waals surface area contributed by atoms with Crippen LogP contribution >= 0.6 is 0 Å². The van der Waals surface area contributed by atoms with Crippen LogP contribution in [-0.4, -0.2) is 29.7 Å². The van der Waals surface area contributed by atoms with Gasteiger partial charge < -0.3 is 9.32 Å². The van der Waals surface area contributed by atoms with E-state index in [2.05, 4.69) is 13.8 Å². The standard InChI is InChI=1S/C16H23NO3/c1-10(2)8-11(3)17(4)16(19)12-9-20-14-7-5-6-13(18)15(12)14/h9-11H,5-8H2,1-4H3. The third-order valence-corrected chi connectivity index (χ3v) is 3.98. The van der Waals surface area contributed by atoms with E-state index in [0.29, 0.717) is 29.2 Å². The summed E-state index contributed by atoms with van der Waals surface area (Å²) in [6.45, 7) is 6.31. The van der Waals surface area contributed by atoms with E-state index in [4.69, 9.17) is 4.42 Å². The van der Waals surface area contributed by atoms with Crippen LogP contribution in [0.15, 0.2) is 10.7 Å². The Morgan fingerprint density at radius 3 is 2.70 bits per heavy atom. The number of carbonyl (C=O) groups excluding carboxylic acids is 2. The Labute approximate surface area is 120 Å². The lowest BCUT2D eigenvalue weighted by atomic mass is 9.93. The monoisotopic (exact) mass is 277 g/mol. The Bertz CT molecular complexity index is 516. The Balaban J connectivity index is 2.22. The first-order valence-corrected chi connectivity index (χ1v) is 7.32. The molecular formula is C16H23NO3. The molecule has 1 aromatic heterocycles. The maximum Gasteiger partial charge on any atom is 0.257 e. The molecule has 0 saturated carbocycles. The van der Waals surface area contributed by atoms with Crippen LogP contribution in [0.25, 0.3) is 0 Å².